The Bertz CT molecular complexity index is 730. The molecular formula is C19H28IN5O. The Balaban J connectivity index is 0.00000338. The number of hydrogen-bond donors (Lipinski definition) is 2. The standard InChI is InChI=1S/C19H27N5O.HI/c1-3-20-19(23-15-17-10-4-5-12-21-17)22-13-6-7-14-24-16(2)9-8-11-18(24)25;/h4-5,8-12H,3,6-7,13-15H2,1-2H3,(H2,20,22,23);1H. The van der Waals surface area contributed by atoms with E-state index in [4.69, 9.17) is 0 Å². The highest BCUT2D eigenvalue weighted by atomic mass is 127. The Hall–Kier alpha value is -1.90. The lowest BCUT2D eigenvalue weighted by Gasteiger charge is -2.12. The van der Waals surface area contributed by atoms with Crippen LogP contribution in [0.25, 0.3) is 0 Å². The zero-order chi connectivity index (χ0) is 17.9. The second kappa shape index (κ2) is 12.5. The molecule has 26 heavy (non-hydrogen) atoms. The van der Waals surface area contributed by atoms with Crippen molar-refractivity contribution in [3.63, 3.8) is 0 Å². The van der Waals surface area contributed by atoms with Crippen LogP contribution in [-0.4, -0.2) is 28.6 Å². The molecule has 0 bridgehead atoms. The van der Waals surface area contributed by atoms with Gasteiger partial charge < -0.3 is 15.2 Å². The predicted octanol–water partition coefficient (Wildman–Crippen LogP) is 2.71. The summed E-state index contributed by atoms with van der Waals surface area (Å²) >= 11 is 0. The first-order valence-electron chi connectivity index (χ1n) is 8.79. The molecule has 0 unspecified atom stereocenters. The molecule has 0 saturated heterocycles. The molecule has 2 aromatic rings. The minimum absolute atomic E-state index is 0. The highest BCUT2D eigenvalue weighted by Crippen LogP contribution is 1.98. The molecule has 2 aromatic heterocycles. The van der Waals surface area contributed by atoms with Crippen molar-refractivity contribution < 1.29 is 0 Å². The van der Waals surface area contributed by atoms with Crippen molar-refractivity contribution in [2.45, 2.75) is 39.8 Å². The zero-order valence-electron chi connectivity index (χ0n) is 15.4. The Morgan fingerprint density at radius 2 is 2.00 bits per heavy atom. The molecule has 0 saturated carbocycles. The summed E-state index contributed by atoms with van der Waals surface area (Å²) in [6.45, 7) is 6.93. The predicted molar refractivity (Wildman–Crippen MR) is 117 cm³/mol. The van der Waals surface area contributed by atoms with Crippen LogP contribution in [0.4, 0.5) is 0 Å². The summed E-state index contributed by atoms with van der Waals surface area (Å²) in [4.78, 5) is 20.6. The van der Waals surface area contributed by atoms with Crippen molar-refractivity contribution in [2.24, 2.45) is 4.99 Å². The first-order valence-corrected chi connectivity index (χ1v) is 8.79. The largest absolute Gasteiger partial charge is 0.357 e. The van der Waals surface area contributed by atoms with E-state index in [1.807, 2.05) is 42.7 Å². The molecule has 0 aliphatic rings. The molecule has 2 rings (SSSR count). The lowest BCUT2D eigenvalue weighted by atomic mass is 10.3. The van der Waals surface area contributed by atoms with Crippen molar-refractivity contribution in [3.8, 4) is 0 Å². The van der Waals surface area contributed by atoms with E-state index in [0.717, 1.165) is 49.8 Å². The van der Waals surface area contributed by atoms with Crippen LogP contribution in [0, 0.1) is 6.92 Å². The van der Waals surface area contributed by atoms with Gasteiger partial charge in [0.15, 0.2) is 5.96 Å². The van der Waals surface area contributed by atoms with E-state index in [2.05, 4.69) is 20.6 Å². The fourth-order valence-corrected chi connectivity index (χ4v) is 2.51. The fourth-order valence-electron chi connectivity index (χ4n) is 2.51. The van der Waals surface area contributed by atoms with Crippen LogP contribution in [-0.2, 0) is 13.1 Å². The van der Waals surface area contributed by atoms with Gasteiger partial charge in [0.05, 0.1) is 12.2 Å². The monoisotopic (exact) mass is 469 g/mol. The third-order valence-electron chi connectivity index (χ3n) is 3.84. The quantitative estimate of drug-likeness (QED) is 0.270. The molecule has 6 nitrogen and oxygen atoms in total. The normalized spacial score (nSPS) is 10.9. The van der Waals surface area contributed by atoms with Crippen LogP contribution in [0.1, 0.15) is 31.2 Å². The average Bonchev–Trinajstić information content (AvgIpc) is 2.62. The SMILES string of the molecule is CCNC(=NCc1ccccn1)NCCCCn1c(C)cccc1=O.I. The van der Waals surface area contributed by atoms with Crippen LogP contribution in [0.3, 0.4) is 0 Å². The lowest BCUT2D eigenvalue weighted by molar-refractivity contribution is 0.575. The molecule has 0 aromatic carbocycles. The zero-order valence-corrected chi connectivity index (χ0v) is 17.8. The molecule has 0 spiro atoms. The Morgan fingerprint density at radius 3 is 2.69 bits per heavy atom. The number of halogens is 1. The van der Waals surface area contributed by atoms with Crippen molar-refractivity contribution >= 4 is 29.9 Å². The van der Waals surface area contributed by atoms with Gasteiger partial charge in [0.2, 0.25) is 0 Å². The van der Waals surface area contributed by atoms with Gasteiger partial charge in [-0.3, -0.25) is 9.78 Å². The van der Waals surface area contributed by atoms with Crippen molar-refractivity contribution in [2.75, 3.05) is 13.1 Å². The van der Waals surface area contributed by atoms with E-state index in [0.29, 0.717) is 6.54 Å². The van der Waals surface area contributed by atoms with Crippen molar-refractivity contribution in [1.29, 1.82) is 0 Å². The third kappa shape index (κ3) is 7.55. The number of nitrogens with zero attached hydrogens (tertiary/aromatic N) is 3. The maximum absolute atomic E-state index is 11.8. The molecule has 0 aliphatic heterocycles. The third-order valence-corrected chi connectivity index (χ3v) is 3.84. The van der Waals surface area contributed by atoms with Crippen LogP contribution in [0.2, 0.25) is 0 Å². The smallest absolute Gasteiger partial charge is 0.250 e. The molecule has 7 heteroatoms. The van der Waals surface area contributed by atoms with E-state index in [-0.39, 0.29) is 29.5 Å². The van der Waals surface area contributed by atoms with Gasteiger partial charge in [-0.1, -0.05) is 12.1 Å². The van der Waals surface area contributed by atoms with Gasteiger partial charge in [-0.05, 0) is 44.9 Å². The van der Waals surface area contributed by atoms with Gasteiger partial charge in [-0.15, -0.1) is 24.0 Å². The number of nitrogens with one attached hydrogen (secondary N) is 2. The maximum atomic E-state index is 11.8. The number of guanidine groups is 1. The number of pyridine rings is 2. The van der Waals surface area contributed by atoms with Crippen LogP contribution in [0.15, 0.2) is 52.4 Å². The Morgan fingerprint density at radius 1 is 1.15 bits per heavy atom. The number of unbranched alkanes of at least 4 members (excludes halogenated alkanes) is 1. The van der Waals surface area contributed by atoms with Crippen LogP contribution >= 0.6 is 24.0 Å². The first-order chi connectivity index (χ1) is 12.2. The van der Waals surface area contributed by atoms with E-state index < -0.39 is 0 Å². The molecule has 0 amide bonds. The van der Waals surface area contributed by atoms with E-state index in [1.54, 1.807) is 18.3 Å². The Kier molecular flexibility index (Phi) is 10.6. The number of aromatic nitrogens is 2. The van der Waals surface area contributed by atoms with Gasteiger partial charge in [-0.25, -0.2) is 4.99 Å². The number of rotatable bonds is 8. The van der Waals surface area contributed by atoms with Gasteiger partial charge in [-0.2, -0.15) is 0 Å². The molecule has 0 radical (unpaired) electrons. The Labute approximate surface area is 172 Å². The minimum Gasteiger partial charge on any atom is -0.357 e. The molecule has 0 atom stereocenters. The maximum Gasteiger partial charge on any atom is 0.250 e. The lowest BCUT2D eigenvalue weighted by Crippen LogP contribution is -2.37. The first kappa shape index (κ1) is 22.1. The summed E-state index contributed by atoms with van der Waals surface area (Å²) in [6.07, 6.45) is 3.69. The van der Waals surface area contributed by atoms with Crippen molar-refractivity contribution in [1.82, 2.24) is 20.2 Å². The highest BCUT2D eigenvalue weighted by Gasteiger charge is 2.00. The fraction of sp³-hybridized carbons (Fsp3) is 0.421. The summed E-state index contributed by atoms with van der Waals surface area (Å²) in [5.41, 5.74) is 2.02. The summed E-state index contributed by atoms with van der Waals surface area (Å²) in [5.74, 6) is 0.793. The second-order valence-corrected chi connectivity index (χ2v) is 5.81. The molecule has 142 valence electrons. The number of aryl methyl sites for hydroxylation is 1. The topological polar surface area (TPSA) is 71.3 Å². The molecule has 0 aliphatic carbocycles. The van der Waals surface area contributed by atoms with E-state index >= 15 is 0 Å². The van der Waals surface area contributed by atoms with E-state index in [9.17, 15) is 4.79 Å². The van der Waals surface area contributed by atoms with Gasteiger partial charge >= 0.3 is 0 Å². The highest BCUT2D eigenvalue weighted by molar-refractivity contribution is 14.0. The molecule has 0 fully saturated rings. The van der Waals surface area contributed by atoms with Crippen molar-refractivity contribution in [3.05, 3.63) is 64.3 Å². The number of aliphatic imine (C=N–C) groups is 1. The summed E-state index contributed by atoms with van der Waals surface area (Å²) in [6, 6.07) is 11.2. The average molecular weight is 469 g/mol. The van der Waals surface area contributed by atoms with Crippen LogP contribution in [0.5, 0.6) is 0 Å². The molecule has 2 N–H and O–H groups in total. The second-order valence-electron chi connectivity index (χ2n) is 5.81. The summed E-state index contributed by atoms with van der Waals surface area (Å²) in [7, 11) is 0. The molecular weight excluding hydrogens is 441 g/mol. The van der Waals surface area contributed by atoms with E-state index in [1.165, 1.54) is 0 Å². The molecule has 2 heterocycles. The minimum atomic E-state index is 0. The van der Waals surface area contributed by atoms with Gasteiger partial charge in [0.1, 0.15) is 0 Å². The van der Waals surface area contributed by atoms with Gasteiger partial charge in [0, 0.05) is 37.6 Å². The van der Waals surface area contributed by atoms with Crippen LogP contribution < -0.4 is 16.2 Å². The summed E-state index contributed by atoms with van der Waals surface area (Å²) < 4.78 is 1.82. The summed E-state index contributed by atoms with van der Waals surface area (Å²) in [5, 5.41) is 6.57. The number of hydrogen-bond acceptors (Lipinski definition) is 3. The van der Waals surface area contributed by atoms with Gasteiger partial charge in [0.25, 0.3) is 5.56 Å².